The van der Waals surface area contributed by atoms with E-state index in [4.69, 9.17) is 9.47 Å². The summed E-state index contributed by atoms with van der Waals surface area (Å²) < 4.78 is 10.8. The number of carboxylic acids is 1. The van der Waals surface area contributed by atoms with Crippen LogP contribution in [0.4, 0.5) is 4.79 Å². The molecule has 31 heavy (non-hydrogen) atoms. The third-order valence-electron chi connectivity index (χ3n) is 5.20. The van der Waals surface area contributed by atoms with E-state index in [0.29, 0.717) is 32.7 Å². The van der Waals surface area contributed by atoms with Crippen molar-refractivity contribution in [3.8, 4) is 0 Å². The molecule has 2 heterocycles. The molecule has 3 amide bonds. The first-order valence-corrected chi connectivity index (χ1v) is 10.8. The molecule has 10 heteroatoms. The molecule has 0 aromatic heterocycles. The van der Waals surface area contributed by atoms with E-state index in [1.165, 1.54) is 9.80 Å². The first kappa shape index (κ1) is 24.9. The van der Waals surface area contributed by atoms with Crippen LogP contribution in [0.15, 0.2) is 0 Å². The lowest BCUT2D eigenvalue weighted by Gasteiger charge is -2.43. The summed E-state index contributed by atoms with van der Waals surface area (Å²) in [5, 5.41) is 9.32. The Bertz CT molecular complexity index is 683. The molecule has 10 nitrogen and oxygen atoms in total. The van der Waals surface area contributed by atoms with E-state index in [-0.39, 0.29) is 31.5 Å². The summed E-state index contributed by atoms with van der Waals surface area (Å²) in [6, 6.07) is -0.595. The minimum absolute atomic E-state index is 0.0218. The predicted molar refractivity (Wildman–Crippen MR) is 111 cm³/mol. The van der Waals surface area contributed by atoms with Crippen LogP contribution < -0.4 is 0 Å². The molecular formula is C21H35N3O7. The van der Waals surface area contributed by atoms with E-state index in [2.05, 4.69) is 0 Å². The molecule has 0 aromatic rings. The van der Waals surface area contributed by atoms with Gasteiger partial charge in [0.1, 0.15) is 5.60 Å². The fourth-order valence-corrected chi connectivity index (χ4v) is 3.91. The normalized spacial score (nSPS) is 22.3. The second-order valence-electron chi connectivity index (χ2n) is 9.57. The van der Waals surface area contributed by atoms with E-state index < -0.39 is 35.5 Å². The number of rotatable bonds is 4. The smallest absolute Gasteiger partial charge is 0.410 e. The van der Waals surface area contributed by atoms with Crippen molar-refractivity contribution in [2.24, 2.45) is 11.8 Å². The van der Waals surface area contributed by atoms with Crippen molar-refractivity contribution in [3.63, 3.8) is 0 Å². The molecular weight excluding hydrogens is 406 g/mol. The van der Waals surface area contributed by atoms with Gasteiger partial charge in [-0.05, 0) is 33.1 Å². The van der Waals surface area contributed by atoms with Crippen LogP contribution in [0, 0.1) is 11.8 Å². The highest BCUT2D eigenvalue weighted by Crippen LogP contribution is 2.26. The van der Waals surface area contributed by atoms with Crippen LogP contribution in [-0.4, -0.2) is 101 Å². The van der Waals surface area contributed by atoms with Crippen molar-refractivity contribution in [2.45, 2.75) is 52.7 Å². The number of hydrogen-bond donors (Lipinski definition) is 1. The van der Waals surface area contributed by atoms with Crippen molar-refractivity contribution >= 4 is 23.9 Å². The first-order valence-electron chi connectivity index (χ1n) is 10.8. The molecule has 2 aliphatic rings. The van der Waals surface area contributed by atoms with Gasteiger partial charge in [0.2, 0.25) is 5.91 Å². The van der Waals surface area contributed by atoms with Crippen LogP contribution in [0.25, 0.3) is 0 Å². The van der Waals surface area contributed by atoms with Crippen LogP contribution in [0.5, 0.6) is 0 Å². The third kappa shape index (κ3) is 7.09. The van der Waals surface area contributed by atoms with Crippen molar-refractivity contribution < 1.29 is 33.8 Å². The number of likely N-dealkylation sites (tertiary alicyclic amines) is 1. The summed E-state index contributed by atoms with van der Waals surface area (Å²) >= 11 is 0. The van der Waals surface area contributed by atoms with Gasteiger partial charge in [-0.2, -0.15) is 0 Å². The summed E-state index contributed by atoms with van der Waals surface area (Å²) in [5.74, 6) is -3.23. The number of hydrogen-bond acceptors (Lipinski definition) is 6. The number of aliphatic carboxylic acids is 1. The molecule has 0 aromatic carbocycles. The molecule has 2 fully saturated rings. The average molecular weight is 442 g/mol. The van der Waals surface area contributed by atoms with E-state index >= 15 is 0 Å². The lowest BCUT2D eigenvalue weighted by Crippen LogP contribution is -2.59. The summed E-state index contributed by atoms with van der Waals surface area (Å²) in [7, 11) is 0. The maximum absolute atomic E-state index is 13.2. The molecule has 1 N–H and O–H groups in total. The lowest BCUT2D eigenvalue weighted by atomic mass is 9.91. The summed E-state index contributed by atoms with van der Waals surface area (Å²) in [6.07, 6.45) is -0.287. The van der Waals surface area contributed by atoms with Gasteiger partial charge in [-0.25, -0.2) is 9.59 Å². The van der Waals surface area contributed by atoms with Gasteiger partial charge in [0.25, 0.3) is 0 Å². The van der Waals surface area contributed by atoms with Gasteiger partial charge in [0.15, 0.2) is 0 Å². The number of carbonyl (C=O) groups is 4. The molecule has 2 saturated heterocycles. The molecule has 0 bridgehead atoms. The zero-order chi connectivity index (χ0) is 23.3. The Labute approximate surface area is 183 Å². The Morgan fingerprint density at radius 1 is 1.10 bits per heavy atom. The second-order valence-corrected chi connectivity index (χ2v) is 9.57. The number of nitrogens with zero attached hydrogens (tertiary/aromatic N) is 3. The fraction of sp³-hybridized carbons (Fsp3) is 0.810. The highest BCUT2D eigenvalue weighted by atomic mass is 16.6. The van der Waals surface area contributed by atoms with Crippen molar-refractivity contribution in [3.05, 3.63) is 0 Å². The fourth-order valence-electron chi connectivity index (χ4n) is 3.91. The molecule has 2 atom stereocenters. The van der Waals surface area contributed by atoms with E-state index in [9.17, 15) is 24.3 Å². The van der Waals surface area contributed by atoms with Gasteiger partial charge in [-0.15, -0.1) is 0 Å². The summed E-state index contributed by atoms with van der Waals surface area (Å²) in [5.41, 5.74) is -0.720. The van der Waals surface area contributed by atoms with Crippen molar-refractivity contribution in [2.75, 3.05) is 45.9 Å². The maximum atomic E-state index is 13.2. The molecule has 0 aliphatic carbocycles. The molecule has 0 unspecified atom stereocenters. The molecule has 0 radical (unpaired) electrons. The van der Waals surface area contributed by atoms with Gasteiger partial charge in [-0.3, -0.25) is 9.59 Å². The zero-order valence-electron chi connectivity index (χ0n) is 19.1. The molecule has 0 spiro atoms. The van der Waals surface area contributed by atoms with E-state index in [1.54, 1.807) is 25.7 Å². The van der Waals surface area contributed by atoms with Crippen LogP contribution in [0.3, 0.4) is 0 Å². The SMILES string of the molecule is CC(C)CN(C(=O)C(=O)O)[C@H]1C[C@@H](C(=O)N2CCOCC2)CN(C(=O)OC(C)(C)C)C1. The van der Waals surface area contributed by atoms with E-state index in [1.807, 2.05) is 13.8 Å². The van der Waals surface area contributed by atoms with Gasteiger partial charge >= 0.3 is 18.0 Å². The maximum Gasteiger partial charge on any atom is 0.410 e. The minimum atomic E-state index is -1.55. The van der Waals surface area contributed by atoms with Crippen LogP contribution in [-0.2, 0) is 23.9 Å². The number of piperidine rings is 1. The Morgan fingerprint density at radius 3 is 2.23 bits per heavy atom. The van der Waals surface area contributed by atoms with Gasteiger partial charge in [-0.1, -0.05) is 13.8 Å². The molecule has 2 rings (SSSR count). The Morgan fingerprint density at radius 2 is 1.71 bits per heavy atom. The zero-order valence-corrected chi connectivity index (χ0v) is 19.1. The highest BCUT2D eigenvalue weighted by molar-refractivity contribution is 6.31. The number of morpholine rings is 1. The Hall–Kier alpha value is -2.36. The van der Waals surface area contributed by atoms with Crippen molar-refractivity contribution in [1.29, 1.82) is 0 Å². The lowest BCUT2D eigenvalue weighted by molar-refractivity contribution is -0.159. The topological polar surface area (TPSA) is 117 Å². The highest BCUT2D eigenvalue weighted by Gasteiger charge is 2.41. The van der Waals surface area contributed by atoms with Crippen molar-refractivity contribution in [1.82, 2.24) is 14.7 Å². The van der Waals surface area contributed by atoms with Crippen LogP contribution in [0.1, 0.15) is 41.0 Å². The number of ether oxygens (including phenoxy) is 2. The summed E-state index contributed by atoms with van der Waals surface area (Å²) in [6.45, 7) is 11.4. The Balaban J connectivity index is 2.29. The van der Waals surface area contributed by atoms with E-state index in [0.717, 1.165) is 0 Å². The summed E-state index contributed by atoms with van der Waals surface area (Å²) in [4.78, 5) is 54.3. The second kappa shape index (κ2) is 10.3. The first-order chi connectivity index (χ1) is 14.4. The Kier molecular flexibility index (Phi) is 8.27. The largest absolute Gasteiger partial charge is 0.474 e. The number of amides is 3. The van der Waals surface area contributed by atoms with Gasteiger partial charge in [0, 0.05) is 32.7 Å². The number of carbonyl (C=O) groups excluding carboxylic acids is 3. The third-order valence-corrected chi connectivity index (χ3v) is 5.20. The average Bonchev–Trinajstić information content (AvgIpc) is 2.69. The van der Waals surface area contributed by atoms with Gasteiger partial charge < -0.3 is 29.3 Å². The standard InChI is InChI=1S/C21H35N3O7/c1-14(2)11-24(18(26)19(27)28)16-10-15(17(25)22-6-8-30-9-7-22)12-23(13-16)20(29)31-21(3,4)5/h14-16H,6-13H2,1-5H3,(H,27,28)/t15-,16+/m1/s1. The van der Waals surface area contributed by atoms with Crippen LogP contribution in [0.2, 0.25) is 0 Å². The quantitative estimate of drug-likeness (QED) is 0.648. The molecule has 2 aliphatic heterocycles. The predicted octanol–water partition coefficient (Wildman–Crippen LogP) is 1.04. The molecule has 176 valence electrons. The minimum Gasteiger partial charge on any atom is -0.474 e. The number of carboxylic acid groups (broad SMARTS) is 1. The molecule has 0 saturated carbocycles. The monoisotopic (exact) mass is 441 g/mol. The van der Waals surface area contributed by atoms with Gasteiger partial charge in [0.05, 0.1) is 25.2 Å². The van der Waals surface area contributed by atoms with Crippen LogP contribution >= 0.6 is 0 Å².